The fourth-order valence-corrected chi connectivity index (χ4v) is 3.39. The molecule has 2 aromatic rings. The molecule has 0 aliphatic carbocycles. The number of halogens is 1. The van der Waals surface area contributed by atoms with E-state index in [1.807, 2.05) is 30.3 Å². The molecule has 0 bridgehead atoms. The standard InChI is InChI=1S/C17H18BrNO4S/c1-19(2)24(21,22)17-10-14(15(20)11-18)8-9-16(17)23-12-13-6-4-3-5-7-13/h3-10H,11-12H2,1-2H3. The zero-order valence-electron chi connectivity index (χ0n) is 13.4. The number of nitrogens with zero attached hydrogens (tertiary/aromatic N) is 1. The molecule has 24 heavy (non-hydrogen) atoms. The van der Waals surface area contributed by atoms with Gasteiger partial charge in [-0.05, 0) is 23.8 Å². The van der Waals surface area contributed by atoms with E-state index in [1.54, 1.807) is 6.07 Å². The lowest BCUT2D eigenvalue weighted by molar-refractivity contribution is 0.102. The van der Waals surface area contributed by atoms with Gasteiger partial charge in [0.1, 0.15) is 17.3 Å². The molecule has 2 aromatic carbocycles. The molecule has 0 saturated heterocycles. The van der Waals surface area contributed by atoms with Crippen LogP contribution in [0.4, 0.5) is 0 Å². The molecule has 0 aliphatic heterocycles. The monoisotopic (exact) mass is 411 g/mol. The minimum absolute atomic E-state index is 0.0183. The molecular formula is C17H18BrNO4S. The number of Topliss-reactive ketones (excluding diaryl/α,β-unsaturated/α-hetero) is 1. The van der Waals surface area contributed by atoms with Crippen LogP contribution in [0.3, 0.4) is 0 Å². The average Bonchev–Trinajstić information content (AvgIpc) is 2.59. The van der Waals surface area contributed by atoms with E-state index >= 15 is 0 Å². The molecule has 0 spiro atoms. The van der Waals surface area contributed by atoms with Crippen molar-refractivity contribution in [2.75, 3.05) is 19.4 Å². The van der Waals surface area contributed by atoms with Gasteiger partial charge in [0.05, 0.1) is 5.33 Å². The summed E-state index contributed by atoms with van der Waals surface area (Å²) in [6.07, 6.45) is 0. The Bertz CT molecular complexity index is 820. The highest BCUT2D eigenvalue weighted by atomic mass is 79.9. The highest BCUT2D eigenvalue weighted by Crippen LogP contribution is 2.28. The maximum absolute atomic E-state index is 12.6. The molecule has 128 valence electrons. The Morgan fingerprint density at radius 1 is 1.12 bits per heavy atom. The predicted molar refractivity (Wildman–Crippen MR) is 96.2 cm³/mol. The molecule has 0 unspecified atom stereocenters. The molecule has 0 saturated carbocycles. The van der Waals surface area contributed by atoms with E-state index in [0.717, 1.165) is 9.87 Å². The molecule has 0 radical (unpaired) electrons. The molecule has 0 atom stereocenters. The Labute approximate surface area is 150 Å². The number of ketones is 1. The predicted octanol–water partition coefficient (Wildman–Crippen LogP) is 3.09. The van der Waals surface area contributed by atoms with E-state index in [4.69, 9.17) is 4.74 Å². The highest BCUT2D eigenvalue weighted by Gasteiger charge is 2.24. The summed E-state index contributed by atoms with van der Waals surface area (Å²) in [5.74, 6) is 0.0264. The Morgan fingerprint density at radius 2 is 1.79 bits per heavy atom. The summed E-state index contributed by atoms with van der Waals surface area (Å²) in [5.41, 5.74) is 1.24. The number of carbonyl (C=O) groups excluding carboxylic acids is 1. The SMILES string of the molecule is CN(C)S(=O)(=O)c1cc(C(=O)CBr)ccc1OCc1ccccc1. The molecule has 7 heteroatoms. The number of hydrogen-bond acceptors (Lipinski definition) is 4. The maximum Gasteiger partial charge on any atom is 0.246 e. The lowest BCUT2D eigenvalue weighted by atomic mass is 10.1. The van der Waals surface area contributed by atoms with Crippen LogP contribution in [0.25, 0.3) is 0 Å². The van der Waals surface area contributed by atoms with Gasteiger partial charge in [-0.1, -0.05) is 46.3 Å². The molecule has 0 aromatic heterocycles. The van der Waals surface area contributed by atoms with Crippen molar-refractivity contribution in [1.29, 1.82) is 0 Å². The van der Waals surface area contributed by atoms with Crippen LogP contribution in [-0.4, -0.2) is 37.9 Å². The summed E-state index contributed by atoms with van der Waals surface area (Å²) in [6.45, 7) is 0.239. The first kappa shape index (κ1) is 18.6. The fraction of sp³-hybridized carbons (Fsp3) is 0.235. The third-order valence-electron chi connectivity index (χ3n) is 3.38. The zero-order chi connectivity index (χ0) is 17.7. The van der Waals surface area contributed by atoms with E-state index in [-0.39, 0.29) is 28.4 Å². The van der Waals surface area contributed by atoms with Crippen molar-refractivity contribution >= 4 is 31.7 Å². The van der Waals surface area contributed by atoms with Crippen LogP contribution in [0.5, 0.6) is 5.75 Å². The Kier molecular flexibility index (Phi) is 6.15. The van der Waals surface area contributed by atoms with Gasteiger partial charge in [-0.15, -0.1) is 0 Å². The van der Waals surface area contributed by atoms with E-state index < -0.39 is 10.0 Å². The Balaban J connectivity index is 2.41. The van der Waals surface area contributed by atoms with E-state index in [2.05, 4.69) is 15.9 Å². The fourth-order valence-electron chi connectivity index (χ4n) is 2.01. The summed E-state index contributed by atoms with van der Waals surface area (Å²) >= 11 is 3.09. The molecule has 5 nitrogen and oxygen atoms in total. The van der Waals surface area contributed by atoms with Crippen molar-refractivity contribution in [1.82, 2.24) is 4.31 Å². The molecule has 2 rings (SSSR count). The van der Waals surface area contributed by atoms with Crippen molar-refractivity contribution in [3.05, 3.63) is 59.7 Å². The van der Waals surface area contributed by atoms with Crippen molar-refractivity contribution in [3.63, 3.8) is 0 Å². The summed E-state index contributed by atoms with van der Waals surface area (Å²) in [5, 5.41) is 0.124. The number of hydrogen-bond donors (Lipinski definition) is 0. The lowest BCUT2D eigenvalue weighted by Crippen LogP contribution is -2.23. The van der Waals surface area contributed by atoms with Gasteiger partial charge in [-0.3, -0.25) is 4.79 Å². The molecule has 0 N–H and O–H groups in total. The number of benzene rings is 2. The van der Waals surface area contributed by atoms with Gasteiger partial charge in [0, 0.05) is 19.7 Å². The molecular weight excluding hydrogens is 394 g/mol. The van der Waals surface area contributed by atoms with Crippen molar-refractivity contribution in [2.24, 2.45) is 0 Å². The third kappa shape index (κ3) is 4.23. The van der Waals surface area contributed by atoms with Crippen LogP contribution in [0, 0.1) is 0 Å². The summed E-state index contributed by atoms with van der Waals surface area (Å²) in [7, 11) is -0.856. The first-order valence-electron chi connectivity index (χ1n) is 7.18. The molecule has 0 aliphatic rings. The molecule has 0 fully saturated rings. The minimum atomic E-state index is -3.74. The zero-order valence-corrected chi connectivity index (χ0v) is 15.8. The molecule has 0 amide bonds. The number of ether oxygens (including phenoxy) is 1. The second-order valence-electron chi connectivity index (χ2n) is 5.28. The first-order chi connectivity index (χ1) is 11.4. The second kappa shape index (κ2) is 7.92. The maximum atomic E-state index is 12.6. The number of sulfonamides is 1. The average molecular weight is 412 g/mol. The smallest absolute Gasteiger partial charge is 0.246 e. The van der Waals surface area contributed by atoms with Gasteiger partial charge in [-0.25, -0.2) is 12.7 Å². The van der Waals surface area contributed by atoms with Gasteiger partial charge in [0.25, 0.3) is 0 Å². The van der Waals surface area contributed by atoms with Crippen LogP contribution in [0.2, 0.25) is 0 Å². The van der Waals surface area contributed by atoms with E-state index in [0.29, 0.717) is 5.56 Å². The number of carbonyl (C=O) groups is 1. The van der Waals surface area contributed by atoms with Gasteiger partial charge >= 0.3 is 0 Å². The van der Waals surface area contributed by atoms with Gasteiger partial charge in [0.2, 0.25) is 10.0 Å². The normalized spacial score (nSPS) is 11.5. The van der Waals surface area contributed by atoms with Crippen LogP contribution in [0.15, 0.2) is 53.4 Å². The Hall–Kier alpha value is -1.70. The quantitative estimate of drug-likeness (QED) is 0.518. The first-order valence-corrected chi connectivity index (χ1v) is 9.75. The van der Waals surface area contributed by atoms with Crippen molar-refractivity contribution in [2.45, 2.75) is 11.5 Å². The van der Waals surface area contributed by atoms with Crippen molar-refractivity contribution < 1.29 is 17.9 Å². The molecule has 0 heterocycles. The van der Waals surface area contributed by atoms with Crippen molar-refractivity contribution in [3.8, 4) is 5.75 Å². The lowest BCUT2D eigenvalue weighted by Gasteiger charge is -2.16. The van der Waals surface area contributed by atoms with Gasteiger partial charge < -0.3 is 4.74 Å². The second-order valence-corrected chi connectivity index (χ2v) is 7.96. The topological polar surface area (TPSA) is 63.7 Å². The van der Waals surface area contributed by atoms with E-state index in [9.17, 15) is 13.2 Å². The summed E-state index contributed by atoms with van der Waals surface area (Å²) < 4.78 is 31.9. The van der Waals surface area contributed by atoms with Crippen LogP contribution < -0.4 is 4.74 Å². The summed E-state index contributed by atoms with van der Waals surface area (Å²) in [4.78, 5) is 11.8. The van der Waals surface area contributed by atoms with Gasteiger partial charge in [0.15, 0.2) is 5.78 Å². The van der Waals surface area contributed by atoms with Gasteiger partial charge in [-0.2, -0.15) is 0 Å². The minimum Gasteiger partial charge on any atom is -0.487 e. The highest BCUT2D eigenvalue weighted by molar-refractivity contribution is 9.09. The Morgan fingerprint density at radius 3 is 2.38 bits per heavy atom. The third-order valence-corrected chi connectivity index (χ3v) is 5.73. The van der Waals surface area contributed by atoms with Crippen LogP contribution in [-0.2, 0) is 16.6 Å². The largest absolute Gasteiger partial charge is 0.487 e. The number of alkyl halides is 1. The van der Waals surface area contributed by atoms with E-state index in [1.165, 1.54) is 26.2 Å². The summed E-state index contributed by atoms with van der Waals surface area (Å²) in [6, 6.07) is 13.9. The van der Waals surface area contributed by atoms with Crippen LogP contribution >= 0.6 is 15.9 Å². The number of rotatable bonds is 7. The van der Waals surface area contributed by atoms with Crippen LogP contribution in [0.1, 0.15) is 15.9 Å².